The van der Waals surface area contributed by atoms with Gasteiger partial charge in [-0.05, 0) is 31.5 Å². The number of phenols is 1. The molecule has 0 aromatic heterocycles. The zero-order chi connectivity index (χ0) is 14.3. The third-order valence-corrected chi connectivity index (χ3v) is 1.41. The SMILES string of the molecule is CC.CC.CC.CCOc1ccc(C)cc1O. The van der Waals surface area contributed by atoms with Crippen molar-refractivity contribution in [3.8, 4) is 11.5 Å². The molecule has 0 aliphatic carbocycles. The maximum Gasteiger partial charge on any atom is 0.160 e. The van der Waals surface area contributed by atoms with Crippen LogP contribution < -0.4 is 4.74 Å². The van der Waals surface area contributed by atoms with Crippen molar-refractivity contribution in [2.24, 2.45) is 0 Å². The number of phenolic OH excluding ortho intramolecular Hbond substituents is 1. The van der Waals surface area contributed by atoms with Crippen LogP contribution in [0.15, 0.2) is 18.2 Å². The summed E-state index contributed by atoms with van der Waals surface area (Å²) in [6.07, 6.45) is 0. The highest BCUT2D eigenvalue weighted by Gasteiger charge is 1.99. The van der Waals surface area contributed by atoms with Crippen LogP contribution in [-0.2, 0) is 0 Å². The van der Waals surface area contributed by atoms with Crippen LogP contribution in [0.4, 0.5) is 0 Å². The van der Waals surface area contributed by atoms with Crippen molar-refractivity contribution in [3.05, 3.63) is 23.8 Å². The number of aromatic hydroxyl groups is 1. The molecule has 17 heavy (non-hydrogen) atoms. The van der Waals surface area contributed by atoms with Crippen molar-refractivity contribution in [2.45, 2.75) is 55.4 Å². The van der Waals surface area contributed by atoms with Crippen molar-refractivity contribution >= 4 is 0 Å². The normalized spacial score (nSPS) is 7.29. The molecule has 0 fully saturated rings. The Morgan fingerprint density at radius 3 is 1.82 bits per heavy atom. The van der Waals surface area contributed by atoms with E-state index in [4.69, 9.17) is 4.74 Å². The predicted octanol–water partition coefficient (Wildman–Crippen LogP) is 5.18. The number of hydrogen-bond acceptors (Lipinski definition) is 2. The molecular weight excluding hydrogens is 212 g/mol. The summed E-state index contributed by atoms with van der Waals surface area (Å²) in [4.78, 5) is 0. The minimum absolute atomic E-state index is 0.215. The first-order valence-corrected chi connectivity index (χ1v) is 6.66. The fourth-order valence-electron chi connectivity index (χ4n) is 0.905. The minimum Gasteiger partial charge on any atom is -0.504 e. The average Bonchev–Trinajstić information content (AvgIpc) is 2.40. The second-order valence-corrected chi connectivity index (χ2v) is 2.40. The number of hydrogen-bond donors (Lipinski definition) is 1. The predicted molar refractivity (Wildman–Crippen MR) is 78.1 cm³/mol. The highest BCUT2D eigenvalue weighted by molar-refractivity contribution is 5.41. The Bertz CT molecular complexity index is 245. The number of rotatable bonds is 2. The largest absolute Gasteiger partial charge is 0.504 e. The number of aryl methyl sites for hydroxylation is 1. The second-order valence-electron chi connectivity index (χ2n) is 2.40. The average molecular weight is 242 g/mol. The van der Waals surface area contributed by atoms with Crippen molar-refractivity contribution < 1.29 is 9.84 Å². The van der Waals surface area contributed by atoms with Gasteiger partial charge in [0, 0.05) is 0 Å². The lowest BCUT2D eigenvalue weighted by Gasteiger charge is -2.04. The highest BCUT2D eigenvalue weighted by Crippen LogP contribution is 2.25. The molecule has 1 aromatic carbocycles. The standard InChI is InChI=1S/C9H12O2.3C2H6/c1-3-11-9-5-4-7(2)6-8(9)10;3*1-2/h4-6,10H,3H2,1-2H3;3*1-2H3. The van der Waals surface area contributed by atoms with Crippen LogP contribution in [0.1, 0.15) is 54.0 Å². The second kappa shape index (κ2) is 17.2. The van der Waals surface area contributed by atoms with Gasteiger partial charge in [-0.1, -0.05) is 47.6 Å². The minimum atomic E-state index is 0.215. The van der Waals surface area contributed by atoms with E-state index in [1.165, 1.54) is 0 Å². The van der Waals surface area contributed by atoms with E-state index in [2.05, 4.69) is 0 Å². The molecule has 102 valence electrons. The maximum absolute atomic E-state index is 9.30. The van der Waals surface area contributed by atoms with Crippen LogP contribution in [0.25, 0.3) is 0 Å². The lowest BCUT2D eigenvalue weighted by atomic mass is 10.2. The van der Waals surface area contributed by atoms with Crippen molar-refractivity contribution in [1.82, 2.24) is 0 Å². The molecule has 0 aliphatic rings. The van der Waals surface area contributed by atoms with E-state index >= 15 is 0 Å². The van der Waals surface area contributed by atoms with Crippen LogP contribution in [0.2, 0.25) is 0 Å². The molecule has 1 rings (SSSR count). The first-order chi connectivity index (χ1) is 8.24. The lowest BCUT2D eigenvalue weighted by molar-refractivity contribution is 0.318. The smallest absolute Gasteiger partial charge is 0.160 e. The first-order valence-electron chi connectivity index (χ1n) is 6.66. The third kappa shape index (κ3) is 11.1. The summed E-state index contributed by atoms with van der Waals surface area (Å²) >= 11 is 0. The van der Waals surface area contributed by atoms with Crippen LogP contribution in [0.3, 0.4) is 0 Å². The van der Waals surface area contributed by atoms with E-state index in [1.807, 2.05) is 61.5 Å². The fourth-order valence-corrected chi connectivity index (χ4v) is 0.905. The molecule has 0 aliphatic heterocycles. The van der Waals surface area contributed by atoms with Crippen LogP contribution >= 0.6 is 0 Å². The van der Waals surface area contributed by atoms with Crippen molar-refractivity contribution in [2.75, 3.05) is 6.61 Å². The van der Waals surface area contributed by atoms with E-state index in [0.717, 1.165) is 5.56 Å². The van der Waals surface area contributed by atoms with E-state index in [0.29, 0.717) is 12.4 Å². The summed E-state index contributed by atoms with van der Waals surface area (Å²) in [5.41, 5.74) is 1.03. The van der Waals surface area contributed by atoms with Gasteiger partial charge in [0.2, 0.25) is 0 Å². The molecule has 0 atom stereocenters. The van der Waals surface area contributed by atoms with Gasteiger partial charge in [-0.3, -0.25) is 0 Å². The molecule has 1 N–H and O–H groups in total. The molecule has 0 unspecified atom stereocenters. The Labute approximate surface area is 108 Å². The third-order valence-electron chi connectivity index (χ3n) is 1.41. The fraction of sp³-hybridized carbons (Fsp3) is 0.600. The van der Waals surface area contributed by atoms with Gasteiger partial charge in [0.15, 0.2) is 11.5 Å². The molecule has 0 saturated carbocycles. The molecule has 0 radical (unpaired) electrons. The van der Waals surface area contributed by atoms with Gasteiger partial charge in [0.1, 0.15) is 0 Å². The number of ether oxygens (including phenoxy) is 1. The topological polar surface area (TPSA) is 29.5 Å². The molecule has 0 bridgehead atoms. The summed E-state index contributed by atoms with van der Waals surface area (Å²) in [6.45, 7) is 16.4. The quantitative estimate of drug-likeness (QED) is 0.774. The maximum atomic E-state index is 9.30. The zero-order valence-electron chi connectivity index (χ0n) is 12.8. The summed E-state index contributed by atoms with van der Waals surface area (Å²) < 4.78 is 5.14. The Morgan fingerprint density at radius 1 is 1.00 bits per heavy atom. The van der Waals surface area contributed by atoms with E-state index < -0.39 is 0 Å². The Morgan fingerprint density at radius 2 is 1.47 bits per heavy atom. The van der Waals surface area contributed by atoms with Gasteiger partial charge < -0.3 is 9.84 Å². The van der Waals surface area contributed by atoms with Crippen LogP contribution in [0, 0.1) is 6.92 Å². The van der Waals surface area contributed by atoms with Gasteiger partial charge in [-0.25, -0.2) is 0 Å². The Kier molecular flexibility index (Phi) is 21.4. The van der Waals surface area contributed by atoms with Gasteiger partial charge in [0.25, 0.3) is 0 Å². The summed E-state index contributed by atoms with van der Waals surface area (Å²) in [7, 11) is 0. The summed E-state index contributed by atoms with van der Waals surface area (Å²) in [5, 5.41) is 9.30. The zero-order valence-corrected chi connectivity index (χ0v) is 12.8. The molecular formula is C15H30O2. The summed E-state index contributed by atoms with van der Waals surface area (Å²) in [5.74, 6) is 0.768. The van der Waals surface area contributed by atoms with Gasteiger partial charge >= 0.3 is 0 Å². The van der Waals surface area contributed by atoms with E-state index in [9.17, 15) is 5.11 Å². The molecule has 2 heteroatoms. The highest BCUT2D eigenvalue weighted by atomic mass is 16.5. The van der Waals surface area contributed by atoms with Gasteiger partial charge in [0.05, 0.1) is 6.61 Å². The Balaban J connectivity index is -0.000000285. The molecule has 2 nitrogen and oxygen atoms in total. The lowest BCUT2D eigenvalue weighted by Crippen LogP contribution is -1.91. The first kappa shape index (κ1) is 21.1. The van der Waals surface area contributed by atoms with E-state index in [-0.39, 0.29) is 5.75 Å². The molecule has 0 heterocycles. The molecule has 0 amide bonds. The van der Waals surface area contributed by atoms with Gasteiger partial charge in [-0.2, -0.15) is 0 Å². The summed E-state index contributed by atoms with van der Waals surface area (Å²) in [6, 6.07) is 5.36. The molecule has 1 aromatic rings. The van der Waals surface area contributed by atoms with E-state index in [1.54, 1.807) is 12.1 Å². The van der Waals surface area contributed by atoms with Crippen LogP contribution in [-0.4, -0.2) is 11.7 Å². The molecule has 0 spiro atoms. The van der Waals surface area contributed by atoms with Crippen LogP contribution in [0.5, 0.6) is 11.5 Å². The Hall–Kier alpha value is -1.18. The van der Waals surface area contributed by atoms with Gasteiger partial charge in [-0.15, -0.1) is 0 Å². The number of benzene rings is 1. The monoisotopic (exact) mass is 242 g/mol. The van der Waals surface area contributed by atoms with Crippen molar-refractivity contribution in [1.29, 1.82) is 0 Å². The van der Waals surface area contributed by atoms with Crippen molar-refractivity contribution in [3.63, 3.8) is 0 Å². The molecule has 0 saturated heterocycles.